The van der Waals surface area contributed by atoms with Crippen LogP contribution in [-0.4, -0.2) is 19.6 Å². The number of nitrogens with zero attached hydrogens (tertiary/aromatic N) is 4. The molecular formula is C13H12BrN5. The summed E-state index contributed by atoms with van der Waals surface area (Å²) in [4.78, 5) is 0. The predicted molar refractivity (Wildman–Crippen MR) is 77.9 cm³/mol. The smallest absolute Gasteiger partial charge is 0.129 e. The number of benzene rings is 1. The van der Waals surface area contributed by atoms with Crippen LogP contribution in [-0.2, 0) is 7.05 Å². The van der Waals surface area contributed by atoms with Crippen molar-refractivity contribution in [3.63, 3.8) is 0 Å². The van der Waals surface area contributed by atoms with Crippen LogP contribution in [0.1, 0.15) is 0 Å². The fourth-order valence-electron chi connectivity index (χ4n) is 1.94. The van der Waals surface area contributed by atoms with Gasteiger partial charge in [0.15, 0.2) is 0 Å². The van der Waals surface area contributed by atoms with Gasteiger partial charge in [0.05, 0.1) is 11.9 Å². The molecule has 2 N–H and O–H groups in total. The first-order valence-electron chi connectivity index (χ1n) is 5.74. The van der Waals surface area contributed by atoms with Crippen molar-refractivity contribution in [1.29, 1.82) is 0 Å². The molecule has 0 atom stereocenters. The highest BCUT2D eigenvalue weighted by atomic mass is 79.9. The molecule has 5 nitrogen and oxygen atoms in total. The van der Waals surface area contributed by atoms with Gasteiger partial charge >= 0.3 is 0 Å². The summed E-state index contributed by atoms with van der Waals surface area (Å²) in [5.41, 5.74) is 8.92. The topological polar surface area (TPSA) is 61.7 Å². The molecule has 0 aliphatic heterocycles. The lowest BCUT2D eigenvalue weighted by Crippen LogP contribution is -1.98. The van der Waals surface area contributed by atoms with E-state index in [1.807, 2.05) is 37.5 Å². The molecule has 0 saturated heterocycles. The minimum atomic E-state index is 0.652. The Labute approximate surface area is 118 Å². The largest absolute Gasteiger partial charge is 0.383 e. The van der Waals surface area contributed by atoms with Crippen molar-refractivity contribution in [2.45, 2.75) is 0 Å². The van der Waals surface area contributed by atoms with E-state index in [1.165, 1.54) is 0 Å². The third-order valence-corrected chi connectivity index (χ3v) is 3.63. The Morgan fingerprint density at radius 2 is 2.11 bits per heavy atom. The molecule has 0 aliphatic carbocycles. The summed E-state index contributed by atoms with van der Waals surface area (Å²) in [6.07, 6.45) is 5.42. The zero-order valence-electron chi connectivity index (χ0n) is 10.3. The van der Waals surface area contributed by atoms with Crippen molar-refractivity contribution in [2.24, 2.45) is 7.05 Å². The first-order chi connectivity index (χ1) is 9.16. The number of aromatic nitrogens is 4. The second-order valence-corrected chi connectivity index (χ2v) is 5.04. The normalized spacial score (nSPS) is 10.8. The highest BCUT2D eigenvalue weighted by Gasteiger charge is 2.10. The monoisotopic (exact) mass is 317 g/mol. The van der Waals surface area contributed by atoms with Gasteiger partial charge in [-0.1, -0.05) is 6.07 Å². The van der Waals surface area contributed by atoms with Crippen LogP contribution in [0, 0.1) is 0 Å². The maximum atomic E-state index is 5.98. The molecule has 96 valence electrons. The summed E-state index contributed by atoms with van der Waals surface area (Å²) in [7, 11) is 1.83. The van der Waals surface area contributed by atoms with E-state index in [2.05, 4.69) is 26.1 Å². The van der Waals surface area contributed by atoms with Gasteiger partial charge in [-0.05, 0) is 39.7 Å². The van der Waals surface area contributed by atoms with Crippen molar-refractivity contribution >= 4 is 21.7 Å². The highest BCUT2D eigenvalue weighted by molar-refractivity contribution is 9.10. The molecule has 2 aromatic heterocycles. The molecule has 0 radical (unpaired) electrons. The van der Waals surface area contributed by atoms with Crippen LogP contribution in [0.4, 0.5) is 5.82 Å². The number of hydrogen-bond acceptors (Lipinski definition) is 3. The Kier molecular flexibility index (Phi) is 2.87. The summed E-state index contributed by atoms with van der Waals surface area (Å²) in [6, 6.07) is 7.91. The summed E-state index contributed by atoms with van der Waals surface area (Å²) in [6.45, 7) is 0. The van der Waals surface area contributed by atoms with Crippen molar-refractivity contribution in [3.8, 4) is 16.8 Å². The van der Waals surface area contributed by atoms with E-state index in [1.54, 1.807) is 21.8 Å². The first kappa shape index (κ1) is 12.0. The second kappa shape index (κ2) is 4.55. The molecule has 6 heteroatoms. The Morgan fingerprint density at radius 1 is 1.26 bits per heavy atom. The third-order valence-electron chi connectivity index (χ3n) is 2.99. The molecular weight excluding hydrogens is 306 g/mol. The molecule has 0 fully saturated rings. The molecule has 0 bridgehead atoms. The molecule has 0 saturated carbocycles. The molecule has 2 heterocycles. The molecule has 0 aliphatic rings. The lowest BCUT2D eigenvalue weighted by atomic mass is 10.1. The minimum absolute atomic E-state index is 0.652. The van der Waals surface area contributed by atoms with Crippen molar-refractivity contribution in [2.75, 3.05) is 5.73 Å². The van der Waals surface area contributed by atoms with Crippen molar-refractivity contribution in [1.82, 2.24) is 19.6 Å². The summed E-state index contributed by atoms with van der Waals surface area (Å²) < 4.78 is 4.42. The number of halogens is 1. The van der Waals surface area contributed by atoms with Gasteiger partial charge in [0, 0.05) is 29.5 Å². The van der Waals surface area contributed by atoms with Crippen LogP contribution in [0.15, 0.2) is 47.3 Å². The van der Waals surface area contributed by atoms with E-state index in [4.69, 9.17) is 5.73 Å². The summed E-state index contributed by atoms with van der Waals surface area (Å²) in [5.74, 6) is 0.652. The lowest BCUT2D eigenvalue weighted by Gasteiger charge is -2.07. The molecule has 3 rings (SSSR count). The molecule has 0 amide bonds. The first-order valence-corrected chi connectivity index (χ1v) is 6.53. The van der Waals surface area contributed by atoms with E-state index < -0.39 is 0 Å². The quantitative estimate of drug-likeness (QED) is 0.790. The summed E-state index contributed by atoms with van der Waals surface area (Å²) in [5, 5.41) is 8.37. The molecule has 1 aromatic carbocycles. The Bertz CT molecular complexity index is 715. The van der Waals surface area contributed by atoms with Crippen molar-refractivity contribution < 1.29 is 0 Å². The summed E-state index contributed by atoms with van der Waals surface area (Å²) >= 11 is 3.57. The van der Waals surface area contributed by atoms with Crippen LogP contribution in [0.3, 0.4) is 0 Å². The minimum Gasteiger partial charge on any atom is -0.383 e. The highest BCUT2D eigenvalue weighted by Crippen LogP contribution is 2.30. The average molecular weight is 318 g/mol. The number of nitrogen functional groups attached to an aromatic ring is 1. The number of anilines is 1. The van der Waals surface area contributed by atoms with E-state index in [9.17, 15) is 0 Å². The van der Waals surface area contributed by atoms with Gasteiger partial charge in [-0.25, -0.2) is 4.68 Å². The molecule has 3 aromatic rings. The zero-order chi connectivity index (χ0) is 13.4. The Balaban J connectivity index is 2.07. The Hall–Kier alpha value is -2.08. The van der Waals surface area contributed by atoms with Gasteiger partial charge in [-0.15, -0.1) is 0 Å². The maximum absolute atomic E-state index is 5.98. The van der Waals surface area contributed by atoms with Crippen LogP contribution >= 0.6 is 15.9 Å². The number of nitrogens with two attached hydrogens (primary N) is 1. The van der Waals surface area contributed by atoms with Crippen LogP contribution in [0.25, 0.3) is 16.8 Å². The van der Waals surface area contributed by atoms with Crippen LogP contribution in [0.2, 0.25) is 0 Å². The fraction of sp³-hybridized carbons (Fsp3) is 0.0769. The Morgan fingerprint density at radius 3 is 2.68 bits per heavy atom. The molecule has 0 spiro atoms. The second-order valence-electron chi connectivity index (χ2n) is 4.18. The van der Waals surface area contributed by atoms with Gasteiger partial charge in [0.2, 0.25) is 0 Å². The van der Waals surface area contributed by atoms with Crippen molar-refractivity contribution in [3.05, 3.63) is 47.3 Å². The third kappa shape index (κ3) is 2.04. The van der Waals surface area contributed by atoms with E-state index in [0.717, 1.165) is 21.3 Å². The SMILES string of the molecule is Cn1ncc(-c2ccc(-n3cccn3)c(Br)c2)c1N. The van der Waals surface area contributed by atoms with E-state index >= 15 is 0 Å². The fourth-order valence-corrected chi connectivity index (χ4v) is 2.50. The van der Waals surface area contributed by atoms with E-state index in [0.29, 0.717) is 5.82 Å². The lowest BCUT2D eigenvalue weighted by molar-refractivity contribution is 0.779. The number of rotatable bonds is 2. The van der Waals surface area contributed by atoms with Gasteiger partial charge in [-0.3, -0.25) is 4.68 Å². The zero-order valence-corrected chi connectivity index (χ0v) is 11.9. The number of aryl methyl sites for hydroxylation is 1. The maximum Gasteiger partial charge on any atom is 0.129 e. The standard InChI is InChI=1S/C13H12BrN5/c1-18-13(15)10(8-17-18)9-3-4-12(11(14)7-9)19-6-2-5-16-19/h2-8H,15H2,1H3. The van der Waals surface area contributed by atoms with Gasteiger partial charge in [0.1, 0.15) is 5.82 Å². The van der Waals surface area contributed by atoms with Gasteiger partial charge in [0.25, 0.3) is 0 Å². The molecule has 0 unspecified atom stereocenters. The van der Waals surface area contributed by atoms with Crippen LogP contribution < -0.4 is 5.73 Å². The predicted octanol–water partition coefficient (Wildman–Crippen LogP) is 2.62. The molecule has 19 heavy (non-hydrogen) atoms. The van der Waals surface area contributed by atoms with Gasteiger partial charge < -0.3 is 5.73 Å². The van der Waals surface area contributed by atoms with Gasteiger partial charge in [-0.2, -0.15) is 10.2 Å². The number of hydrogen-bond donors (Lipinski definition) is 1. The average Bonchev–Trinajstić information content (AvgIpc) is 3.01. The van der Waals surface area contributed by atoms with E-state index in [-0.39, 0.29) is 0 Å². The van der Waals surface area contributed by atoms with Crippen LogP contribution in [0.5, 0.6) is 0 Å².